The van der Waals surface area contributed by atoms with Crippen LogP contribution in [-0.4, -0.2) is 0 Å². The van der Waals surface area contributed by atoms with Gasteiger partial charge in [-0.3, -0.25) is 0 Å². The van der Waals surface area contributed by atoms with E-state index in [1.165, 1.54) is 0 Å². The van der Waals surface area contributed by atoms with Crippen molar-refractivity contribution in [3.8, 4) is 0 Å². The van der Waals surface area contributed by atoms with Crippen molar-refractivity contribution in [1.29, 1.82) is 0 Å². The second kappa shape index (κ2) is 5.06. The maximum absolute atomic E-state index is 5.93. The van der Waals surface area contributed by atoms with Crippen LogP contribution in [0, 0.1) is 0 Å². The van der Waals surface area contributed by atoms with Gasteiger partial charge in [-0.1, -0.05) is 55.1 Å². The molecular weight excluding hydrogens is 268 g/mol. The molecule has 0 aromatic heterocycles. The fraction of sp³-hybridized carbons (Fsp3) is 0.0588. The van der Waals surface area contributed by atoms with Crippen molar-refractivity contribution in [2.45, 2.75) is 6.17 Å². The number of halogens is 1. The van der Waals surface area contributed by atoms with Gasteiger partial charge in [0.25, 0.3) is 0 Å². The third kappa shape index (κ3) is 2.19. The summed E-state index contributed by atoms with van der Waals surface area (Å²) in [6.45, 7) is 7.98. The van der Waals surface area contributed by atoms with Gasteiger partial charge in [-0.25, -0.2) is 0 Å². The van der Waals surface area contributed by atoms with Gasteiger partial charge in [0, 0.05) is 22.0 Å². The van der Waals surface area contributed by atoms with Crippen molar-refractivity contribution in [1.82, 2.24) is 5.32 Å². The van der Waals surface area contributed by atoms with Crippen LogP contribution in [0.2, 0.25) is 5.02 Å². The van der Waals surface area contributed by atoms with Crippen molar-refractivity contribution in [2.24, 2.45) is 0 Å². The Bertz CT molecular complexity index is 674. The van der Waals surface area contributed by atoms with Crippen LogP contribution in [0.25, 0.3) is 11.8 Å². The van der Waals surface area contributed by atoms with E-state index >= 15 is 0 Å². The number of hydrogen-bond acceptors (Lipinski definition) is 2. The van der Waals surface area contributed by atoms with Crippen LogP contribution in [0.5, 0.6) is 0 Å². The molecule has 3 rings (SSSR count). The monoisotopic (exact) mass is 282 g/mol. The molecule has 1 aliphatic rings. The number of fused-ring (bicyclic) bond motifs is 1. The minimum absolute atomic E-state index is 0.00710. The van der Waals surface area contributed by atoms with E-state index < -0.39 is 0 Å². The molecule has 0 bridgehead atoms. The zero-order chi connectivity index (χ0) is 14.1. The van der Waals surface area contributed by atoms with Gasteiger partial charge in [0.1, 0.15) is 6.17 Å². The molecule has 1 unspecified atom stereocenters. The highest BCUT2D eigenvalue weighted by atomic mass is 35.5. The first-order valence-electron chi connectivity index (χ1n) is 6.42. The smallest absolute Gasteiger partial charge is 0.123 e. The first-order chi connectivity index (χ1) is 9.69. The minimum Gasteiger partial charge on any atom is -0.362 e. The first kappa shape index (κ1) is 12.8. The average molecular weight is 283 g/mol. The van der Waals surface area contributed by atoms with Crippen LogP contribution in [0.1, 0.15) is 22.9 Å². The number of anilines is 1. The molecule has 0 fully saturated rings. The van der Waals surface area contributed by atoms with Crippen LogP contribution in [0.15, 0.2) is 55.6 Å². The number of nitrogens with one attached hydrogen (secondary N) is 2. The molecular formula is C17H15ClN2. The lowest BCUT2D eigenvalue weighted by molar-refractivity contribution is 0.703. The zero-order valence-electron chi connectivity index (χ0n) is 11.0. The number of benzene rings is 2. The van der Waals surface area contributed by atoms with E-state index in [0.717, 1.165) is 33.1 Å². The Hall–Kier alpha value is -2.19. The molecule has 1 atom stereocenters. The van der Waals surface area contributed by atoms with E-state index in [1.54, 1.807) is 0 Å². The van der Waals surface area contributed by atoms with E-state index in [2.05, 4.69) is 29.9 Å². The number of hydrogen-bond donors (Lipinski definition) is 2. The van der Waals surface area contributed by atoms with Gasteiger partial charge in [-0.05, 0) is 29.3 Å². The van der Waals surface area contributed by atoms with E-state index in [1.807, 2.05) is 42.5 Å². The molecule has 2 aromatic rings. The van der Waals surface area contributed by atoms with Gasteiger partial charge >= 0.3 is 0 Å². The van der Waals surface area contributed by atoms with Gasteiger partial charge in [0.2, 0.25) is 0 Å². The highest BCUT2D eigenvalue weighted by molar-refractivity contribution is 6.30. The highest BCUT2D eigenvalue weighted by Crippen LogP contribution is 2.34. The summed E-state index contributed by atoms with van der Waals surface area (Å²) in [5, 5.41) is 7.60. The van der Waals surface area contributed by atoms with E-state index in [0.29, 0.717) is 0 Å². The predicted molar refractivity (Wildman–Crippen MR) is 86.5 cm³/mol. The quantitative estimate of drug-likeness (QED) is 0.836. The summed E-state index contributed by atoms with van der Waals surface area (Å²) in [5.74, 6) is 0. The Morgan fingerprint density at radius 2 is 1.80 bits per heavy atom. The Kier molecular flexibility index (Phi) is 3.25. The van der Waals surface area contributed by atoms with Crippen LogP contribution in [-0.2, 0) is 0 Å². The van der Waals surface area contributed by atoms with Crippen molar-refractivity contribution in [2.75, 3.05) is 5.32 Å². The van der Waals surface area contributed by atoms with Crippen LogP contribution < -0.4 is 10.6 Å². The standard InChI is InChI=1S/C17H15ClN2/c1-3-12-5-4-6-15-16(12)11(2)19-17(20-15)13-7-9-14(18)10-8-13/h3-10,17,19-20H,1-2H2. The van der Waals surface area contributed by atoms with Crippen molar-refractivity contribution >= 4 is 29.1 Å². The largest absolute Gasteiger partial charge is 0.362 e. The Morgan fingerprint density at radius 1 is 1.05 bits per heavy atom. The lowest BCUT2D eigenvalue weighted by Gasteiger charge is -2.32. The summed E-state index contributed by atoms with van der Waals surface area (Å²) in [5.41, 5.74) is 5.22. The first-order valence-corrected chi connectivity index (χ1v) is 6.80. The minimum atomic E-state index is -0.00710. The van der Waals surface area contributed by atoms with E-state index in [4.69, 9.17) is 11.6 Å². The summed E-state index contributed by atoms with van der Waals surface area (Å²) in [4.78, 5) is 0. The maximum atomic E-state index is 5.93. The molecule has 1 aliphatic heterocycles. The molecule has 0 amide bonds. The van der Waals surface area contributed by atoms with E-state index in [9.17, 15) is 0 Å². The Morgan fingerprint density at radius 3 is 2.50 bits per heavy atom. The lowest BCUT2D eigenvalue weighted by atomic mass is 9.99. The molecule has 2 nitrogen and oxygen atoms in total. The molecule has 0 aliphatic carbocycles. The third-order valence-electron chi connectivity index (χ3n) is 3.44. The fourth-order valence-electron chi connectivity index (χ4n) is 2.46. The number of rotatable bonds is 2. The van der Waals surface area contributed by atoms with Crippen molar-refractivity contribution < 1.29 is 0 Å². The van der Waals surface area contributed by atoms with Gasteiger partial charge < -0.3 is 10.6 Å². The fourth-order valence-corrected chi connectivity index (χ4v) is 2.58. The summed E-state index contributed by atoms with van der Waals surface area (Å²) < 4.78 is 0. The summed E-state index contributed by atoms with van der Waals surface area (Å²) in [6, 6.07) is 13.9. The molecule has 0 saturated heterocycles. The summed E-state index contributed by atoms with van der Waals surface area (Å²) >= 11 is 5.93. The molecule has 20 heavy (non-hydrogen) atoms. The molecule has 2 N–H and O–H groups in total. The van der Waals surface area contributed by atoms with E-state index in [-0.39, 0.29) is 6.17 Å². The Balaban J connectivity index is 1.99. The van der Waals surface area contributed by atoms with Gasteiger partial charge in [-0.15, -0.1) is 0 Å². The van der Waals surface area contributed by atoms with Gasteiger partial charge in [0.05, 0.1) is 0 Å². The van der Waals surface area contributed by atoms with Crippen LogP contribution in [0.3, 0.4) is 0 Å². The summed E-state index contributed by atoms with van der Waals surface area (Å²) in [7, 11) is 0. The highest BCUT2D eigenvalue weighted by Gasteiger charge is 2.22. The Labute approximate surface area is 123 Å². The van der Waals surface area contributed by atoms with Crippen molar-refractivity contribution in [3.05, 3.63) is 77.3 Å². The second-order valence-electron chi connectivity index (χ2n) is 4.73. The molecule has 0 spiro atoms. The third-order valence-corrected chi connectivity index (χ3v) is 3.69. The average Bonchev–Trinajstić information content (AvgIpc) is 2.47. The lowest BCUT2D eigenvalue weighted by Crippen LogP contribution is -2.31. The SMILES string of the molecule is C=Cc1cccc2c1C(=C)NC(c1ccc(Cl)cc1)N2. The van der Waals surface area contributed by atoms with Crippen LogP contribution >= 0.6 is 11.6 Å². The van der Waals surface area contributed by atoms with Gasteiger partial charge in [0.15, 0.2) is 0 Å². The van der Waals surface area contributed by atoms with Gasteiger partial charge in [-0.2, -0.15) is 0 Å². The molecule has 2 aromatic carbocycles. The molecule has 0 saturated carbocycles. The topological polar surface area (TPSA) is 24.1 Å². The predicted octanol–water partition coefficient (Wildman–Crippen LogP) is 4.67. The van der Waals surface area contributed by atoms with Crippen molar-refractivity contribution in [3.63, 3.8) is 0 Å². The molecule has 0 radical (unpaired) electrons. The molecule has 1 heterocycles. The second-order valence-corrected chi connectivity index (χ2v) is 5.16. The maximum Gasteiger partial charge on any atom is 0.123 e. The molecule has 100 valence electrons. The molecule has 3 heteroatoms. The normalized spacial score (nSPS) is 16.9. The summed E-state index contributed by atoms with van der Waals surface area (Å²) in [6.07, 6.45) is 1.84. The van der Waals surface area contributed by atoms with Crippen LogP contribution in [0.4, 0.5) is 5.69 Å². The zero-order valence-corrected chi connectivity index (χ0v) is 11.7.